The minimum atomic E-state index is -1.000. The Hall–Kier alpha value is -4.17. The molecule has 260 valence electrons. The van der Waals surface area contributed by atoms with Gasteiger partial charge < -0.3 is 37.3 Å². The minimum Gasteiger partial charge on any atom is -0.371 e. The summed E-state index contributed by atoms with van der Waals surface area (Å²) in [5.41, 5.74) is 14.0. The summed E-state index contributed by atoms with van der Waals surface area (Å²) in [6, 6.07) is 11.2. The fourth-order valence-electron chi connectivity index (χ4n) is 5.94. The topological polar surface area (TPSA) is 171 Å². The Morgan fingerprint density at radius 1 is 0.959 bits per heavy atom. The number of fused-ring (bicyclic) bond motifs is 3. The van der Waals surface area contributed by atoms with Crippen molar-refractivity contribution in [1.29, 1.82) is 0 Å². The predicted octanol–water partition coefficient (Wildman–Crippen LogP) is 4.34. The second-order valence-corrected chi connectivity index (χ2v) is 13.4. The van der Waals surface area contributed by atoms with E-state index in [-0.39, 0.29) is 23.6 Å². The molecule has 5 rings (SSSR count). The van der Waals surface area contributed by atoms with Gasteiger partial charge in [-0.05, 0) is 81.1 Å². The molecular weight excluding hydrogens is 667 g/mol. The van der Waals surface area contributed by atoms with Gasteiger partial charge in [-0.2, -0.15) is 0 Å². The van der Waals surface area contributed by atoms with Crippen molar-refractivity contribution >= 4 is 57.7 Å². The first-order valence-corrected chi connectivity index (χ1v) is 17.6. The number of carbonyl (C=O) groups excluding carboxylic acids is 3. The Morgan fingerprint density at radius 2 is 1.73 bits per heavy atom. The van der Waals surface area contributed by atoms with Crippen LogP contribution in [-0.4, -0.2) is 70.9 Å². The molecule has 2 aromatic carbocycles. The van der Waals surface area contributed by atoms with Crippen LogP contribution in [0.3, 0.4) is 0 Å². The Labute approximate surface area is 294 Å². The van der Waals surface area contributed by atoms with E-state index in [4.69, 9.17) is 23.1 Å². The minimum absolute atomic E-state index is 0.166. The first-order chi connectivity index (χ1) is 23.7. The number of nitrogens with zero attached hydrogens (tertiary/aromatic N) is 2. The number of pyridine rings is 1. The van der Waals surface area contributed by atoms with E-state index < -0.39 is 41.7 Å². The lowest BCUT2D eigenvalue weighted by molar-refractivity contribution is -0.142. The number of likely N-dealkylation sites (N-methyl/N-ethyl adjacent to an activating group) is 1. The van der Waals surface area contributed by atoms with Crippen molar-refractivity contribution < 1.29 is 18.8 Å². The van der Waals surface area contributed by atoms with Crippen molar-refractivity contribution in [1.82, 2.24) is 25.5 Å². The van der Waals surface area contributed by atoms with E-state index in [0.717, 1.165) is 28.2 Å². The van der Waals surface area contributed by atoms with Gasteiger partial charge in [0.2, 0.25) is 17.7 Å². The third-order valence-corrected chi connectivity index (χ3v) is 10.3. The van der Waals surface area contributed by atoms with E-state index in [1.54, 1.807) is 25.4 Å². The number of rotatable bonds is 9. The van der Waals surface area contributed by atoms with Crippen molar-refractivity contribution in [3.8, 4) is 0 Å². The predicted molar refractivity (Wildman–Crippen MR) is 191 cm³/mol. The Balaban J connectivity index is 1.59. The molecule has 3 atom stereocenters. The number of nitrogens with one attached hydrogen (secondary N) is 4. The average Bonchev–Trinajstić information content (AvgIpc) is 3.52. The number of hydrogen-bond acceptors (Lipinski definition) is 8. The Bertz CT molecular complexity index is 1790. The lowest BCUT2D eigenvalue weighted by Gasteiger charge is -2.32. The largest absolute Gasteiger partial charge is 0.371 e. The van der Waals surface area contributed by atoms with Crippen LogP contribution in [-0.2, 0) is 27.3 Å². The van der Waals surface area contributed by atoms with Crippen molar-refractivity contribution in [2.45, 2.75) is 73.1 Å². The van der Waals surface area contributed by atoms with Gasteiger partial charge in [0, 0.05) is 53.8 Å². The summed E-state index contributed by atoms with van der Waals surface area (Å²) in [5.74, 6) is -1.88. The number of hydrogen-bond donors (Lipinski definition) is 6. The van der Waals surface area contributed by atoms with Gasteiger partial charge in [0.25, 0.3) is 0 Å². The molecule has 4 aromatic rings. The van der Waals surface area contributed by atoms with Crippen molar-refractivity contribution in [3.63, 3.8) is 0 Å². The molecule has 0 aliphatic carbocycles. The maximum Gasteiger partial charge on any atom is 0.245 e. The smallest absolute Gasteiger partial charge is 0.245 e. The van der Waals surface area contributed by atoms with Gasteiger partial charge >= 0.3 is 0 Å². The molecule has 0 unspecified atom stereocenters. The van der Waals surface area contributed by atoms with Gasteiger partial charge in [-0.15, -0.1) is 0 Å². The number of carbonyl (C=O) groups is 3. The molecule has 49 heavy (non-hydrogen) atoms. The van der Waals surface area contributed by atoms with Crippen LogP contribution in [0.15, 0.2) is 70.8 Å². The number of unbranched alkanes of at least 4 members (excludes halogenated alkanes) is 1. The lowest BCUT2D eigenvalue weighted by Crippen LogP contribution is -2.56. The first-order valence-electron chi connectivity index (χ1n) is 16.4. The van der Waals surface area contributed by atoms with Gasteiger partial charge in [0.1, 0.15) is 29.0 Å². The quantitative estimate of drug-likeness (QED) is 0.140. The summed E-state index contributed by atoms with van der Waals surface area (Å²) in [7, 11) is 1.56. The molecule has 2 aromatic heterocycles. The van der Waals surface area contributed by atoms with Crippen molar-refractivity contribution in [3.05, 3.63) is 82.9 Å². The zero-order chi connectivity index (χ0) is 34.9. The maximum absolute atomic E-state index is 15.5. The number of H-pyrrole nitrogens is 1. The maximum atomic E-state index is 15.5. The van der Waals surface area contributed by atoms with Gasteiger partial charge in [-0.25, -0.2) is 9.37 Å². The van der Waals surface area contributed by atoms with Crippen LogP contribution in [0.25, 0.3) is 10.9 Å². The molecule has 0 bridgehead atoms. The SMILES string of the molecule is CN1C(=O)[C@H](CCCCN)NC(=O)[C@H](CCCN)Nc2cccnc2Sc2c(Cl)ccc(F)c2CNC(=O)[C@@H]1Cc1c[nH]c2ccccc12. The fourth-order valence-corrected chi connectivity index (χ4v) is 7.23. The normalized spacial score (nSPS) is 19.2. The van der Waals surface area contributed by atoms with E-state index >= 15 is 4.39 Å². The third kappa shape index (κ3) is 8.71. The average molecular weight is 709 g/mol. The zero-order valence-corrected chi connectivity index (χ0v) is 28.9. The monoisotopic (exact) mass is 708 g/mol. The second-order valence-electron chi connectivity index (χ2n) is 12.0. The summed E-state index contributed by atoms with van der Waals surface area (Å²) in [5, 5.41) is 10.8. The molecule has 1 aliphatic rings. The molecule has 3 amide bonds. The molecule has 0 radical (unpaired) electrons. The number of amides is 3. The van der Waals surface area contributed by atoms with Gasteiger partial charge in [-0.1, -0.05) is 41.6 Å². The molecule has 14 heteroatoms. The highest BCUT2D eigenvalue weighted by Gasteiger charge is 2.34. The van der Waals surface area contributed by atoms with Crippen LogP contribution in [0.4, 0.5) is 10.1 Å². The number of para-hydroxylation sites is 1. The van der Waals surface area contributed by atoms with Gasteiger partial charge in [0.15, 0.2) is 0 Å². The second kappa shape index (κ2) is 17.0. The summed E-state index contributed by atoms with van der Waals surface area (Å²) >= 11 is 7.77. The highest BCUT2D eigenvalue weighted by atomic mass is 35.5. The molecule has 0 fully saturated rings. The Kier molecular flexibility index (Phi) is 12.5. The number of anilines is 1. The van der Waals surface area contributed by atoms with Gasteiger partial charge in [0.05, 0.1) is 10.7 Å². The summed E-state index contributed by atoms with van der Waals surface area (Å²) in [6.07, 6.45) is 6.04. The summed E-state index contributed by atoms with van der Waals surface area (Å²) in [4.78, 5) is 51.9. The molecular formula is C35H42ClFN8O3S. The van der Waals surface area contributed by atoms with E-state index in [1.807, 2.05) is 30.5 Å². The van der Waals surface area contributed by atoms with Crippen molar-refractivity contribution in [2.75, 3.05) is 25.5 Å². The number of aromatic nitrogens is 2. The molecule has 0 saturated carbocycles. The number of aromatic amines is 1. The van der Waals surface area contributed by atoms with Crippen LogP contribution in [0.1, 0.15) is 43.2 Å². The number of halogens is 2. The van der Waals surface area contributed by atoms with E-state index in [9.17, 15) is 14.4 Å². The van der Waals surface area contributed by atoms with Crippen LogP contribution in [0, 0.1) is 5.82 Å². The molecule has 11 nitrogen and oxygen atoms in total. The van der Waals surface area contributed by atoms with E-state index in [2.05, 4.69) is 25.9 Å². The first kappa shape index (κ1) is 36.1. The molecule has 1 aliphatic heterocycles. The fraction of sp³-hybridized carbons (Fsp3) is 0.371. The van der Waals surface area contributed by atoms with Crippen molar-refractivity contribution in [2.24, 2.45) is 11.5 Å². The summed E-state index contributed by atoms with van der Waals surface area (Å²) in [6.45, 7) is 0.598. The zero-order valence-electron chi connectivity index (χ0n) is 27.3. The lowest BCUT2D eigenvalue weighted by atomic mass is 10.0. The highest BCUT2D eigenvalue weighted by Crippen LogP contribution is 2.39. The highest BCUT2D eigenvalue weighted by molar-refractivity contribution is 7.99. The molecule has 0 saturated heterocycles. The molecule has 8 N–H and O–H groups in total. The molecule has 0 spiro atoms. The standard InChI is InChI=1S/C35H42ClFN8O3S/c1-45-30(18-21-19-41-26-9-3-2-8-22(21)26)33(47)42-20-23-25(37)14-13-24(36)31(23)49-34-28(12-7-17-40-34)43-27(11-6-16-39)32(46)44-29(35(45)48)10-4-5-15-38/h2-3,7-9,12-14,17,19,27,29-30,41,43H,4-6,10-11,15-16,18,20,38-39H2,1H3,(H,42,47)(H,44,46)/t27-,29-,30-/m0/s1. The third-order valence-electron chi connectivity index (χ3n) is 8.68. The van der Waals surface area contributed by atoms with Gasteiger partial charge in [-0.3, -0.25) is 14.4 Å². The van der Waals surface area contributed by atoms with Crippen LogP contribution in [0.2, 0.25) is 5.02 Å². The van der Waals surface area contributed by atoms with Crippen LogP contribution in [0.5, 0.6) is 0 Å². The number of benzene rings is 2. The van der Waals surface area contributed by atoms with Crippen LogP contribution < -0.4 is 27.4 Å². The van der Waals surface area contributed by atoms with Crippen LogP contribution >= 0.6 is 23.4 Å². The Morgan fingerprint density at radius 3 is 2.53 bits per heavy atom. The van der Waals surface area contributed by atoms with E-state index in [0.29, 0.717) is 60.8 Å². The van der Waals surface area contributed by atoms with E-state index in [1.165, 1.54) is 17.0 Å². The summed E-state index contributed by atoms with van der Waals surface area (Å²) < 4.78 is 15.5. The number of nitrogens with two attached hydrogens (primary N) is 2. The molecule has 3 heterocycles.